The van der Waals surface area contributed by atoms with E-state index < -0.39 is 0 Å². The number of aromatic nitrogens is 4. The van der Waals surface area contributed by atoms with Crippen LogP contribution < -0.4 is 10.1 Å². The molecule has 6 nitrogen and oxygen atoms in total. The Balaban J connectivity index is 1.98. The van der Waals surface area contributed by atoms with Gasteiger partial charge in [0.05, 0.1) is 6.61 Å². The predicted octanol–water partition coefficient (Wildman–Crippen LogP) is 1.80. The lowest BCUT2D eigenvalue weighted by Crippen LogP contribution is -2.05. The van der Waals surface area contributed by atoms with E-state index in [0.29, 0.717) is 12.6 Å². The average molecular weight is 231 g/mol. The second-order valence-corrected chi connectivity index (χ2v) is 3.35. The van der Waals surface area contributed by atoms with E-state index >= 15 is 0 Å². The number of hydrogen-bond acceptors (Lipinski definition) is 6. The Bertz CT molecular complexity index is 445. The lowest BCUT2D eigenvalue weighted by atomic mass is 10.3. The van der Waals surface area contributed by atoms with Crippen molar-refractivity contribution in [3.05, 3.63) is 30.3 Å². The standard InChI is InChI=1S/C11H13N5O/c1-2-8-17-11-15-13-10(14-16-11)12-9-6-4-3-5-7-9/h3-7H,2,8H2,1H3,(H,12,13,14). The van der Waals surface area contributed by atoms with E-state index in [1.165, 1.54) is 0 Å². The molecule has 0 atom stereocenters. The van der Waals surface area contributed by atoms with E-state index in [1.54, 1.807) is 0 Å². The van der Waals surface area contributed by atoms with E-state index in [1.807, 2.05) is 37.3 Å². The lowest BCUT2D eigenvalue weighted by molar-refractivity contribution is 0.283. The summed E-state index contributed by atoms with van der Waals surface area (Å²) >= 11 is 0. The fourth-order valence-corrected chi connectivity index (χ4v) is 1.17. The van der Waals surface area contributed by atoms with Gasteiger partial charge in [0.2, 0.25) is 0 Å². The van der Waals surface area contributed by atoms with E-state index in [2.05, 4.69) is 25.7 Å². The van der Waals surface area contributed by atoms with E-state index in [0.717, 1.165) is 12.1 Å². The molecule has 0 aliphatic carbocycles. The molecule has 17 heavy (non-hydrogen) atoms. The third-order valence-electron chi connectivity index (χ3n) is 1.93. The van der Waals surface area contributed by atoms with Gasteiger partial charge in [-0.2, -0.15) is 0 Å². The Kier molecular flexibility index (Phi) is 3.80. The molecular weight excluding hydrogens is 218 g/mol. The monoisotopic (exact) mass is 231 g/mol. The molecule has 6 heteroatoms. The zero-order valence-electron chi connectivity index (χ0n) is 9.50. The molecular formula is C11H13N5O. The first-order valence-corrected chi connectivity index (χ1v) is 5.41. The Labute approximate surface area is 99.1 Å². The summed E-state index contributed by atoms with van der Waals surface area (Å²) < 4.78 is 5.19. The van der Waals surface area contributed by atoms with Crippen LogP contribution in [0.5, 0.6) is 6.01 Å². The molecule has 0 fully saturated rings. The van der Waals surface area contributed by atoms with Crippen LogP contribution in [0.15, 0.2) is 30.3 Å². The van der Waals surface area contributed by atoms with Crippen molar-refractivity contribution in [2.45, 2.75) is 13.3 Å². The molecule has 1 aromatic carbocycles. The average Bonchev–Trinajstić information content (AvgIpc) is 2.39. The molecule has 1 aromatic heterocycles. The van der Waals surface area contributed by atoms with Crippen LogP contribution in [0.1, 0.15) is 13.3 Å². The maximum Gasteiger partial charge on any atom is 0.355 e. The molecule has 0 unspecified atom stereocenters. The molecule has 2 aromatic rings. The third-order valence-corrected chi connectivity index (χ3v) is 1.93. The van der Waals surface area contributed by atoms with E-state index in [-0.39, 0.29) is 6.01 Å². The van der Waals surface area contributed by atoms with Crippen LogP contribution in [-0.2, 0) is 0 Å². The predicted molar refractivity (Wildman–Crippen MR) is 63.1 cm³/mol. The zero-order valence-corrected chi connectivity index (χ0v) is 9.50. The van der Waals surface area contributed by atoms with Crippen LogP contribution in [0.2, 0.25) is 0 Å². The van der Waals surface area contributed by atoms with Crippen LogP contribution in [0, 0.1) is 0 Å². The quantitative estimate of drug-likeness (QED) is 0.845. The molecule has 0 bridgehead atoms. The molecule has 0 saturated heterocycles. The largest absolute Gasteiger partial charge is 0.461 e. The van der Waals surface area contributed by atoms with E-state index in [9.17, 15) is 0 Å². The first-order valence-electron chi connectivity index (χ1n) is 5.41. The van der Waals surface area contributed by atoms with Gasteiger partial charge in [-0.1, -0.05) is 35.3 Å². The van der Waals surface area contributed by atoms with Crippen LogP contribution in [0.3, 0.4) is 0 Å². The summed E-state index contributed by atoms with van der Waals surface area (Å²) in [6.45, 7) is 2.57. The molecule has 0 amide bonds. The number of nitrogens with one attached hydrogen (secondary N) is 1. The van der Waals surface area contributed by atoms with Gasteiger partial charge >= 0.3 is 6.01 Å². The topological polar surface area (TPSA) is 72.8 Å². The number of ether oxygens (including phenoxy) is 1. The maximum atomic E-state index is 5.19. The Morgan fingerprint density at radius 1 is 1.06 bits per heavy atom. The maximum absolute atomic E-state index is 5.19. The molecule has 0 aliphatic heterocycles. The highest BCUT2D eigenvalue weighted by molar-refractivity contribution is 5.51. The van der Waals surface area contributed by atoms with Crippen LogP contribution in [0.4, 0.5) is 11.6 Å². The van der Waals surface area contributed by atoms with Crippen molar-refractivity contribution >= 4 is 11.6 Å². The first-order chi connectivity index (χ1) is 8.38. The summed E-state index contributed by atoms with van der Waals surface area (Å²) in [5.74, 6) is 0.347. The van der Waals surface area contributed by atoms with Crippen LogP contribution in [-0.4, -0.2) is 27.0 Å². The first kappa shape index (κ1) is 11.3. The van der Waals surface area contributed by atoms with Crippen molar-refractivity contribution in [2.24, 2.45) is 0 Å². The van der Waals surface area contributed by atoms with Crippen molar-refractivity contribution in [3.8, 4) is 6.01 Å². The molecule has 0 aliphatic rings. The molecule has 0 saturated carbocycles. The SMILES string of the molecule is CCCOc1nnc(Nc2ccccc2)nn1. The highest BCUT2D eigenvalue weighted by Crippen LogP contribution is 2.10. The van der Waals surface area contributed by atoms with Gasteiger partial charge in [-0.25, -0.2) is 0 Å². The second-order valence-electron chi connectivity index (χ2n) is 3.35. The Morgan fingerprint density at radius 2 is 1.76 bits per heavy atom. The zero-order chi connectivity index (χ0) is 11.9. The molecule has 2 rings (SSSR count). The minimum atomic E-state index is 0.200. The molecule has 88 valence electrons. The number of anilines is 2. The Morgan fingerprint density at radius 3 is 2.41 bits per heavy atom. The third kappa shape index (κ3) is 3.37. The van der Waals surface area contributed by atoms with Gasteiger partial charge in [0.15, 0.2) is 0 Å². The highest BCUT2D eigenvalue weighted by Gasteiger charge is 2.01. The number of hydrogen-bond donors (Lipinski definition) is 1. The number of nitrogens with zero attached hydrogens (tertiary/aromatic N) is 4. The summed E-state index contributed by atoms with van der Waals surface area (Å²) in [6.07, 6.45) is 0.896. The van der Waals surface area contributed by atoms with Crippen molar-refractivity contribution in [2.75, 3.05) is 11.9 Å². The van der Waals surface area contributed by atoms with Crippen molar-refractivity contribution in [3.63, 3.8) is 0 Å². The van der Waals surface area contributed by atoms with Gasteiger partial charge in [0, 0.05) is 5.69 Å². The number of benzene rings is 1. The summed E-state index contributed by atoms with van der Waals surface area (Å²) in [5, 5.41) is 18.3. The number of rotatable bonds is 5. The minimum absolute atomic E-state index is 0.200. The van der Waals surface area contributed by atoms with Gasteiger partial charge in [0.25, 0.3) is 5.95 Å². The van der Waals surface area contributed by atoms with Crippen LogP contribution >= 0.6 is 0 Å². The van der Waals surface area contributed by atoms with Gasteiger partial charge in [-0.15, -0.1) is 10.2 Å². The summed E-state index contributed by atoms with van der Waals surface area (Å²) in [4.78, 5) is 0. The summed E-state index contributed by atoms with van der Waals surface area (Å²) in [7, 11) is 0. The molecule has 0 radical (unpaired) electrons. The van der Waals surface area contributed by atoms with Crippen LogP contribution in [0.25, 0.3) is 0 Å². The van der Waals surface area contributed by atoms with Gasteiger partial charge < -0.3 is 10.1 Å². The minimum Gasteiger partial charge on any atom is -0.461 e. The number of para-hydroxylation sites is 1. The van der Waals surface area contributed by atoms with Gasteiger partial charge in [-0.05, 0) is 18.6 Å². The second kappa shape index (κ2) is 5.74. The van der Waals surface area contributed by atoms with Crippen molar-refractivity contribution in [1.29, 1.82) is 0 Å². The summed E-state index contributed by atoms with van der Waals surface area (Å²) in [6, 6.07) is 9.79. The van der Waals surface area contributed by atoms with Gasteiger partial charge in [-0.3, -0.25) is 0 Å². The smallest absolute Gasteiger partial charge is 0.355 e. The molecule has 1 N–H and O–H groups in total. The fraction of sp³-hybridized carbons (Fsp3) is 0.273. The van der Waals surface area contributed by atoms with Crippen molar-refractivity contribution in [1.82, 2.24) is 20.4 Å². The van der Waals surface area contributed by atoms with Gasteiger partial charge in [0.1, 0.15) is 0 Å². The normalized spacial score (nSPS) is 9.94. The molecule has 0 spiro atoms. The highest BCUT2D eigenvalue weighted by atomic mass is 16.5. The van der Waals surface area contributed by atoms with Crippen molar-refractivity contribution < 1.29 is 4.74 Å². The van der Waals surface area contributed by atoms with E-state index in [4.69, 9.17) is 4.74 Å². The summed E-state index contributed by atoms with van der Waals surface area (Å²) in [5.41, 5.74) is 0.887. The lowest BCUT2D eigenvalue weighted by Gasteiger charge is -2.03. The Hall–Kier alpha value is -2.24. The fourth-order valence-electron chi connectivity index (χ4n) is 1.17. The molecule has 1 heterocycles.